The van der Waals surface area contributed by atoms with Crippen molar-refractivity contribution < 1.29 is 45.8 Å². The number of carboxylic acid groups (broad SMARTS) is 1. The predicted octanol–water partition coefficient (Wildman–Crippen LogP) is 4.55. The van der Waals surface area contributed by atoms with Gasteiger partial charge < -0.3 is 9.84 Å². The van der Waals surface area contributed by atoms with Crippen LogP contribution in [0.4, 0.5) is 24.5 Å². The highest BCUT2D eigenvalue weighted by atomic mass is 35.5. The van der Waals surface area contributed by atoms with E-state index in [0.29, 0.717) is 9.21 Å². The zero-order valence-corrected chi connectivity index (χ0v) is 20.8. The highest BCUT2D eigenvalue weighted by Crippen LogP contribution is 2.38. The summed E-state index contributed by atoms with van der Waals surface area (Å²) < 4.78 is 69.7. The Balaban J connectivity index is 1.77. The van der Waals surface area contributed by atoms with Gasteiger partial charge in [-0.3, -0.25) is 13.9 Å². The third-order valence-corrected chi connectivity index (χ3v) is 8.42. The molecule has 0 unspecified atom stereocenters. The number of imide groups is 1. The summed E-state index contributed by atoms with van der Waals surface area (Å²) in [7, 11) is -3.57. The number of para-hydroxylation sites is 2. The number of ether oxygens (including phenoxy) is 1. The molecule has 0 saturated carbocycles. The van der Waals surface area contributed by atoms with Crippen LogP contribution in [0.15, 0.2) is 52.7 Å². The van der Waals surface area contributed by atoms with Gasteiger partial charge in [0.2, 0.25) is 5.91 Å². The maximum atomic E-state index is 13.3. The Morgan fingerprint density at radius 1 is 1.19 bits per heavy atom. The van der Waals surface area contributed by atoms with Gasteiger partial charge in [-0.25, -0.2) is 18.1 Å². The molecular formula is C22H14ClF3N2O7S2. The third kappa shape index (κ3) is 4.86. The van der Waals surface area contributed by atoms with Crippen molar-refractivity contribution >= 4 is 62.1 Å². The van der Waals surface area contributed by atoms with Crippen molar-refractivity contribution in [2.24, 2.45) is 0 Å². The fourth-order valence-electron chi connectivity index (χ4n) is 3.67. The second-order valence-electron chi connectivity index (χ2n) is 7.58. The van der Waals surface area contributed by atoms with Gasteiger partial charge in [-0.2, -0.15) is 0 Å². The molecule has 37 heavy (non-hydrogen) atoms. The lowest BCUT2D eigenvalue weighted by atomic mass is 10.0. The molecule has 4 rings (SSSR count). The summed E-state index contributed by atoms with van der Waals surface area (Å²) in [5.41, 5.74) is -0.763. The van der Waals surface area contributed by atoms with E-state index in [1.807, 2.05) is 0 Å². The third-order valence-electron chi connectivity index (χ3n) is 5.32. The number of alkyl halides is 3. The molecule has 1 aliphatic heterocycles. The number of anilines is 2. The zero-order chi connectivity index (χ0) is 27.3. The van der Waals surface area contributed by atoms with Crippen molar-refractivity contribution in [3.8, 4) is 5.75 Å². The van der Waals surface area contributed by atoms with Gasteiger partial charge in [0.1, 0.15) is 4.88 Å². The number of sulfonamides is 1. The van der Waals surface area contributed by atoms with Crippen LogP contribution in [0.5, 0.6) is 5.75 Å². The summed E-state index contributed by atoms with van der Waals surface area (Å²) >= 11 is 6.96. The molecule has 2 aromatic carbocycles. The SMILES string of the molecule is CN(c1ccccc1OC(F)(F)F)S(=O)(=O)c1ccc(Cl)c(N2C(=O)Cc3csc(C(=O)O)c3C2=O)c1. The summed E-state index contributed by atoms with van der Waals surface area (Å²) in [6.45, 7) is 0. The number of hydrogen-bond acceptors (Lipinski definition) is 7. The Labute approximate surface area is 216 Å². The van der Waals surface area contributed by atoms with Gasteiger partial charge in [0.15, 0.2) is 5.75 Å². The summed E-state index contributed by atoms with van der Waals surface area (Å²) in [6.07, 6.45) is -5.42. The number of hydrogen-bond donors (Lipinski definition) is 1. The van der Waals surface area contributed by atoms with E-state index in [-0.39, 0.29) is 33.1 Å². The van der Waals surface area contributed by atoms with Gasteiger partial charge in [-0.1, -0.05) is 23.7 Å². The number of fused-ring (bicyclic) bond motifs is 1. The van der Waals surface area contributed by atoms with Crippen molar-refractivity contribution in [1.82, 2.24) is 0 Å². The minimum absolute atomic E-state index is 0.195. The Morgan fingerprint density at radius 2 is 1.86 bits per heavy atom. The van der Waals surface area contributed by atoms with E-state index >= 15 is 0 Å². The van der Waals surface area contributed by atoms with Crippen LogP contribution < -0.4 is 13.9 Å². The van der Waals surface area contributed by atoms with Crippen LogP contribution >= 0.6 is 22.9 Å². The zero-order valence-electron chi connectivity index (χ0n) is 18.4. The van der Waals surface area contributed by atoms with Gasteiger partial charge in [-0.15, -0.1) is 24.5 Å². The second kappa shape index (κ2) is 9.36. The fraction of sp³-hybridized carbons (Fsp3) is 0.136. The minimum Gasteiger partial charge on any atom is -0.477 e. The molecule has 15 heteroatoms. The first-order valence-electron chi connectivity index (χ1n) is 10.1. The smallest absolute Gasteiger partial charge is 0.477 e. The van der Waals surface area contributed by atoms with Crippen LogP contribution in [-0.4, -0.2) is 44.7 Å². The highest BCUT2D eigenvalue weighted by Gasteiger charge is 2.39. The average molecular weight is 575 g/mol. The number of carbonyl (C=O) groups is 3. The van der Waals surface area contributed by atoms with Crippen LogP contribution in [-0.2, 0) is 21.2 Å². The summed E-state index contributed by atoms with van der Waals surface area (Å²) in [6, 6.07) is 7.61. The summed E-state index contributed by atoms with van der Waals surface area (Å²) in [4.78, 5) is 37.3. The normalized spacial score (nSPS) is 13.9. The van der Waals surface area contributed by atoms with E-state index in [9.17, 15) is 41.1 Å². The number of amides is 2. The number of halogens is 4. The molecule has 0 fully saturated rings. The van der Waals surface area contributed by atoms with Gasteiger partial charge in [0.05, 0.1) is 33.3 Å². The first kappa shape index (κ1) is 26.4. The molecule has 0 saturated heterocycles. The average Bonchev–Trinajstić information content (AvgIpc) is 3.23. The first-order valence-corrected chi connectivity index (χ1v) is 12.8. The van der Waals surface area contributed by atoms with Gasteiger partial charge in [0, 0.05) is 7.05 Å². The van der Waals surface area contributed by atoms with E-state index in [1.165, 1.54) is 17.5 Å². The molecule has 9 nitrogen and oxygen atoms in total. The lowest BCUT2D eigenvalue weighted by molar-refractivity contribution is -0.274. The number of carboxylic acids is 1. The van der Waals surface area contributed by atoms with Crippen LogP contribution in [0.1, 0.15) is 25.6 Å². The highest BCUT2D eigenvalue weighted by molar-refractivity contribution is 7.92. The number of thiophene rings is 1. The Morgan fingerprint density at radius 3 is 2.51 bits per heavy atom. The van der Waals surface area contributed by atoms with Gasteiger partial charge in [0.25, 0.3) is 15.9 Å². The van der Waals surface area contributed by atoms with E-state index in [4.69, 9.17) is 11.6 Å². The van der Waals surface area contributed by atoms with Crippen LogP contribution in [0.2, 0.25) is 5.02 Å². The number of aromatic carboxylic acids is 1. The van der Waals surface area contributed by atoms with Crippen molar-refractivity contribution in [2.75, 3.05) is 16.3 Å². The molecule has 1 aliphatic rings. The maximum Gasteiger partial charge on any atom is 0.573 e. The van der Waals surface area contributed by atoms with Gasteiger partial charge in [-0.05, 0) is 41.3 Å². The molecule has 3 aromatic rings. The molecule has 0 bridgehead atoms. The Kier molecular flexibility index (Phi) is 6.69. The van der Waals surface area contributed by atoms with Crippen LogP contribution in [0.25, 0.3) is 0 Å². The molecule has 194 valence electrons. The van der Waals surface area contributed by atoms with E-state index < -0.39 is 50.5 Å². The lowest BCUT2D eigenvalue weighted by Crippen LogP contribution is -2.43. The molecule has 0 spiro atoms. The van der Waals surface area contributed by atoms with E-state index in [1.54, 1.807) is 0 Å². The molecule has 0 atom stereocenters. The van der Waals surface area contributed by atoms with E-state index in [0.717, 1.165) is 48.7 Å². The minimum atomic E-state index is -5.08. The van der Waals surface area contributed by atoms with Gasteiger partial charge >= 0.3 is 12.3 Å². The maximum absolute atomic E-state index is 13.3. The van der Waals surface area contributed by atoms with E-state index in [2.05, 4.69) is 4.74 Å². The number of benzene rings is 2. The fourth-order valence-corrected chi connectivity index (χ4v) is 5.99. The molecule has 1 N–H and O–H groups in total. The number of rotatable bonds is 6. The van der Waals surface area contributed by atoms with Crippen LogP contribution in [0, 0.1) is 0 Å². The standard InChI is InChI=1S/C22H14ClF3N2O7S2/c1-27(14-4-2-3-5-16(14)35-22(24,25)26)37(33,34)12-6-7-13(23)15(9-12)28-17(29)8-11-10-36-19(21(31)32)18(11)20(28)30/h2-7,9-10H,8H2,1H3,(H,31,32). The molecule has 2 heterocycles. The van der Waals surface area contributed by atoms with Crippen molar-refractivity contribution in [2.45, 2.75) is 17.7 Å². The molecule has 0 aliphatic carbocycles. The molecular weight excluding hydrogens is 561 g/mol. The van der Waals surface area contributed by atoms with Crippen molar-refractivity contribution in [3.63, 3.8) is 0 Å². The van der Waals surface area contributed by atoms with Crippen LogP contribution in [0.3, 0.4) is 0 Å². The summed E-state index contributed by atoms with van der Waals surface area (Å²) in [5, 5.41) is 10.6. The Hall–Kier alpha value is -3.62. The first-order chi connectivity index (χ1) is 17.2. The van der Waals surface area contributed by atoms with Crippen molar-refractivity contribution in [3.05, 3.63) is 68.9 Å². The topological polar surface area (TPSA) is 121 Å². The lowest BCUT2D eigenvalue weighted by Gasteiger charge is -2.27. The number of carbonyl (C=O) groups excluding carboxylic acids is 2. The monoisotopic (exact) mass is 574 g/mol. The molecule has 0 radical (unpaired) electrons. The Bertz CT molecular complexity index is 1550. The molecule has 2 amide bonds. The quantitative estimate of drug-likeness (QED) is 0.429. The second-order valence-corrected chi connectivity index (χ2v) is 10.8. The predicted molar refractivity (Wildman–Crippen MR) is 127 cm³/mol. The van der Waals surface area contributed by atoms with Crippen molar-refractivity contribution in [1.29, 1.82) is 0 Å². The summed E-state index contributed by atoms with van der Waals surface area (Å²) in [5.74, 6) is -3.93. The number of nitrogens with zero attached hydrogens (tertiary/aromatic N) is 2. The molecule has 1 aromatic heterocycles. The largest absolute Gasteiger partial charge is 0.573 e.